The molecule has 0 amide bonds. The third-order valence-corrected chi connectivity index (χ3v) is 3.00. The molecule has 2 heterocycles. The van der Waals surface area contributed by atoms with Crippen LogP contribution < -0.4 is 10.1 Å². The van der Waals surface area contributed by atoms with Gasteiger partial charge in [0.05, 0.1) is 13.2 Å². The molecule has 2 rings (SSSR count). The fraction of sp³-hybridized carbons (Fsp3) is 0.333. The zero-order chi connectivity index (χ0) is 12.1. The Bertz CT molecular complexity index is 471. The standard InChI is InChI=1S/C12H15N3OS/c1-3-16-11-7-9(2)14-12(15-11)13-8-10-5-4-6-17-10/h4-7H,3,8H2,1-2H3,(H,13,14,15). The molecule has 0 radical (unpaired) electrons. The highest BCUT2D eigenvalue weighted by Gasteiger charge is 2.02. The Morgan fingerprint density at radius 2 is 2.29 bits per heavy atom. The van der Waals surface area contributed by atoms with Crippen molar-refractivity contribution in [3.05, 3.63) is 34.2 Å². The minimum Gasteiger partial charge on any atom is -0.478 e. The van der Waals surface area contributed by atoms with E-state index in [0.29, 0.717) is 18.4 Å². The zero-order valence-electron chi connectivity index (χ0n) is 9.93. The second-order valence-corrected chi connectivity index (χ2v) is 4.57. The molecule has 0 unspecified atom stereocenters. The fourth-order valence-corrected chi connectivity index (χ4v) is 2.06. The largest absolute Gasteiger partial charge is 0.478 e. The molecule has 1 N–H and O–H groups in total. The SMILES string of the molecule is CCOc1cc(C)nc(NCc2cccs2)n1. The van der Waals surface area contributed by atoms with E-state index in [-0.39, 0.29) is 0 Å². The second-order valence-electron chi connectivity index (χ2n) is 3.54. The number of aryl methyl sites for hydroxylation is 1. The van der Waals surface area contributed by atoms with E-state index in [0.717, 1.165) is 12.2 Å². The van der Waals surface area contributed by atoms with Crippen LogP contribution in [0, 0.1) is 6.92 Å². The molecule has 0 aromatic carbocycles. The fourth-order valence-electron chi connectivity index (χ4n) is 1.42. The van der Waals surface area contributed by atoms with Gasteiger partial charge in [-0.3, -0.25) is 0 Å². The van der Waals surface area contributed by atoms with E-state index in [1.165, 1.54) is 4.88 Å². The van der Waals surface area contributed by atoms with E-state index in [2.05, 4.69) is 26.7 Å². The number of nitrogens with one attached hydrogen (secondary N) is 1. The van der Waals surface area contributed by atoms with Crippen LogP contribution in [0.4, 0.5) is 5.95 Å². The molecule has 0 spiro atoms. The summed E-state index contributed by atoms with van der Waals surface area (Å²) in [4.78, 5) is 9.86. The zero-order valence-corrected chi connectivity index (χ0v) is 10.8. The minimum absolute atomic E-state index is 0.612. The molecule has 90 valence electrons. The first-order chi connectivity index (χ1) is 8.28. The van der Waals surface area contributed by atoms with Gasteiger partial charge in [-0.25, -0.2) is 4.98 Å². The van der Waals surface area contributed by atoms with E-state index in [1.54, 1.807) is 11.3 Å². The van der Waals surface area contributed by atoms with Crippen molar-refractivity contribution < 1.29 is 4.74 Å². The number of rotatable bonds is 5. The summed E-state index contributed by atoms with van der Waals surface area (Å²) in [6, 6.07) is 5.95. The van der Waals surface area contributed by atoms with E-state index < -0.39 is 0 Å². The molecule has 0 fully saturated rings. The van der Waals surface area contributed by atoms with Crippen LogP contribution in [0.15, 0.2) is 23.6 Å². The van der Waals surface area contributed by atoms with Crippen molar-refractivity contribution in [3.8, 4) is 5.88 Å². The third-order valence-electron chi connectivity index (χ3n) is 2.12. The smallest absolute Gasteiger partial charge is 0.226 e. The molecule has 0 bridgehead atoms. The first-order valence-corrected chi connectivity index (χ1v) is 6.40. The van der Waals surface area contributed by atoms with Crippen LogP contribution in [0.5, 0.6) is 5.88 Å². The van der Waals surface area contributed by atoms with Crippen molar-refractivity contribution in [1.29, 1.82) is 0 Å². The molecule has 0 saturated carbocycles. The van der Waals surface area contributed by atoms with Crippen LogP contribution in [-0.4, -0.2) is 16.6 Å². The van der Waals surface area contributed by atoms with Crippen LogP contribution in [-0.2, 0) is 6.54 Å². The molecule has 2 aromatic heterocycles. The Morgan fingerprint density at radius 1 is 1.41 bits per heavy atom. The normalized spacial score (nSPS) is 10.2. The van der Waals surface area contributed by atoms with Crippen LogP contribution >= 0.6 is 11.3 Å². The average Bonchev–Trinajstić information content (AvgIpc) is 2.79. The molecule has 17 heavy (non-hydrogen) atoms. The van der Waals surface area contributed by atoms with Gasteiger partial charge in [0.1, 0.15) is 0 Å². The highest BCUT2D eigenvalue weighted by Crippen LogP contribution is 2.14. The molecule has 0 atom stereocenters. The lowest BCUT2D eigenvalue weighted by molar-refractivity contribution is 0.326. The van der Waals surface area contributed by atoms with Gasteiger partial charge < -0.3 is 10.1 Å². The summed E-state index contributed by atoms with van der Waals surface area (Å²) in [5.41, 5.74) is 0.900. The molecule has 4 nitrogen and oxygen atoms in total. The topological polar surface area (TPSA) is 47.0 Å². The predicted molar refractivity (Wildman–Crippen MR) is 69.6 cm³/mol. The number of hydrogen-bond donors (Lipinski definition) is 1. The lowest BCUT2D eigenvalue weighted by Crippen LogP contribution is -2.05. The molecular formula is C12H15N3OS. The summed E-state index contributed by atoms with van der Waals surface area (Å²) >= 11 is 1.71. The summed E-state index contributed by atoms with van der Waals surface area (Å²) in [5, 5.41) is 5.25. The van der Waals surface area contributed by atoms with Crippen LogP contribution in [0.3, 0.4) is 0 Å². The lowest BCUT2D eigenvalue weighted by atomic mass is 10.4. The number of thiophene rings is 1. The molecule has 0 aliphatic carbocycles. The molecule has 0 aliphatic heterocycles. The Hall–Kier alpha value is -1.62. The van der Waals surface area contributed by atoms with Crippen molar-refractivity contribution in [2.75, 3.05) is 11.9 Å². The Morgan fingerprint density at radius 3 is 3.00 bits per heavy atom. The van der Waals surface area contributed by atoms with E-state index in [4.69, 9.17) is 4.74 Å². The Kier molecular flexibility index (Phi) is 3.93. The van der Waals surface area contributed by atoms with Gasteiger partial charge in [0.2, 0.25) is 11.8 Å². The monoisotopic (exact) mass is 249 g/mol. The van der Waals surface area contributed by atoms with Crippen LogP contribution in [0.2, 0.25) is 0 Å². The number of nitrogens with zero attached hydrogens (tertiary/aromatic N) is 2. The second kappa shape index (κ2) is 5.63. The predicted octanol–water partition coefficient (Wildman–Crippen LogP) is 2.86. The number of aromatic nitrogens is 2. The first-order valence-electron chi connectivity index (χ1n) is 5.52. The first kappa shape index (κ1) is 11.9. The van der Waals surface area contributed by atoms with Crippen molar-refractivity contribution in [3.63, 3.8) is 0 Å². The maximum atomic E-state index is 5.38. The lowest BCUT2D eigenvalue weighted by Gasteiger charge is -2.07. The van der Waals surface area contributed by atoms with Crippen molar-refractivity contribution in [2.24, 2.45) is 0 Å². The minimum atomic E-state index is 0.612. The van der Waals surface area contributed by atoms with Crippen LogP contribution in [0.25, 0.3) is 0 Å². The van der Waals surface area contributed by atoms with E-state index in [9.17, 15) is 0 Å². The van der Waals surface area contributed by atoms with Gasteiger partial charge in [-0.1, -0.05) is 6.07 Å². The molecule has 2 aromatic rings. The molecule has 5 heteroatoms. The van der Waals surface area contributed by atoms with Gasteiger partial charge in [-0.2, -0.15) is 4.98 Å². The van der Waals surface area contributed by atoms with Crippen LogP contribution in [0.1, 0.15) is 17.5 Å². The third kappa shape index (κ3) is 3.42. The van der Waals surface area contributed by atoms with Gasteiger partial charge in [0, 0.05) is 16.6 Å². The summed E-state index contributed by atoms with van der Waals surface area (Å²) in [6.07, 6.45) is 0. The highest BCUT2D eigenvalue weighted by molar-refractivity contribution is 7.09. The maximum absolute atomic E-state index is 5.38. The molecular weight excluding hydrogens is 234 g/mol. The maximum Gasteiger partial charge on any atom is 0.226 e. The van der Waals surface area contributed by atoms with Crippen molar-refractivity contribution in [2.45, 2.75) is 20.4 Å². The molecule has 0 aliphatic rings. The van der Waals surface area contributed by atoms with E-state index in [1.807, 2.05) is 26.0 Å². The highest BCUT2D eigenvalue weighted by atomic mass is 32.1. The molecule has 0 saturated heterocycles. The summed E-state index contributed by atoms with van der Waals surface area (Å²) in [6.45, 7) is 5.23. The summed E-state index contributed by atoms with van der Waals surface area (Å²) in [5.74, 6) is 1.23. The quantitative estimate of drug-likeness (QED) is 0.885. The van der Waals surface area contributed by atoms with Crippen molar-refractivity contribution >= 4 is 17.3 Å². The van der Waals surface area contributed by atoms with Gasteiger partial charge >= 0.3 is 0 Å². The van der Waals surface area contributed by atoms with Gasteiger partial charge in [0.15, 0.2) is 0 Å². The van der Waals surface area contributed by atoms with Gasteiger partial charge in [0.25, 0.3) is 0 Å². The van der Waals surface area contributed by atoms with Gasteiger partial charge in [-0.05, 0) is 25.3 Å². The Labute approximate surface area is 105 Å². The number of anilines is 1. The number of ether oxygens (including phenoxy) is 1. The number of hydrogen-bond acceptors (Lipinski definition) is 5. The van der Waals surface area contributed by atoms with Gasteiger partial charge in [-0.15, -0.1) is 11.3 Å². The average molecular weight is 249 g/mol. The summed E-state index contributed by atoms with van der Waals surface area (Å²) < 4.78 is 5.38. The Balaban J connectivity index is 2.04. The van der Waals surface area contributed by atoms with E-state index >= 15 is 0 Å². The summed E-state index contributed by atoms with van der Waals surface area (Å²) in [7, 11) is 0. The van der Waals surface area contributed by atoms with Crippen molar-refractivity contribution in [1.82, 2.24) is 9.97 Å².